The number of fused-ring (bicyclic) bond motifs is 1. The number of ether oxygens (including phenoxy) is 1. The number of carbonyl (C=O) groups is 1. The highest BCUT2D eigenvalue weighted by Gasteiger charge is 2.28. The van der Waals surface area contributed by atoms with Crippen molar-refractivity contribution >= 4 is 22.8 Å². The zero-order chi connectivity index (χ0) is 24.9. The molecule has 0 unspecified atom stereocenters. The smallest absolute Gasteiger partial charge is 0.294 e. The number of methoxy groups -OCH3 is 1. The molecule has 36 heavy (non-hydrogen) atoms. The lowest BCUT2D eigenvalue weighted by molar-refractivity contribution is -0.125. The number of rotatable bonds is 7. The second kappa shape index (κ2) is 10.6. The Morgan fingerprint density at radius 1 is 1.00 bits per heavy atom. The van der Waals surface area contributed by atoms with Gasteiger partial charge in [0.05, 0.1) is 30.6 Å². The number of nitrogens with one attached hydrogen (secondary N) is 1. The van der Waals surface area contributed by atoms with E-state index in [0.717, 1.165) is 40.8 Å². The molecule has 1 amide bonds. The van der Waals surface area contributed by atoms with E-state index in [2.05, 4.69) is 5.32 Å². The Hall–Kier alpha value is -4.13. The molecule has 7 nitrogen and oxygen atoms in total. The first-order valence-corrected chi connectivity index (χ1v) is 12.3. The van der Waals surface area contributed by atoms with Gasteiger partial charge < -0.3 is 15.0 Å². The van der Waals surface area contributed by atoms with E-state index < -0.39 is 0 Å². The third-order valence-electron chi connectivity index (χ3n) is 6.74. The number of amides is 1. The van der Waals surface area contributed by atoms with Crippen molar-refractivity contribution in [3.63, 3.8) is 0 Å². The molecule has 1 N–H and O–H groups in total. The highest BCUT2D eigenvalue weighted by molar-refractivity contribution is 5.80. The van der Waals surface area contributed by atoms with Gasteiger partial charge in [0.15, 0.2) is 5.82 Å². The van der Waals surface area contributed by atoms with Crippen molar-refractivity contribution < 1.29 is 9.53 Å². The van der Waals surface area contributed by atoms with Crippen molar-refractivity contribution in [1.82, 2.24) is 14.9 Å². The molecule has 1 aliphatic heterocycles. The first-order chi connectivity index (χ1) is 17.6. The van der Waals surface area contributed by atoms with Crippen LogP contribution in [0, 0.1) is 5.92 Å². The van der Waals surface area contributed by atoms with Gasteiger partial charge in [-0.1, -0.05) is 54.6 Å². The third-order valence-corrected chi connectivity index (χ3v) is 6.74. The molecule has 1 aliphatic rings. The molecule has 1 fully saturated rings. The number of hydrogen-bond donors (Lipinski definition) is 1. The predicted octanol–water partition coefficient (Wildman–Crippen LogP) is 3.99. The molecule has 0 bridgehead atoms. The van der Waals surface area contributed by atoms with Crippen LogP contribution >= 0.6 is 0 Å². The summed E-state index contributed by atoms with van der Waals surface area (Å²) in [7, 11) is 1.63. The average molecular weight is 483 g/mol. The van der Waals surface area contributed by atoms with E-state index in [0.29, 0.717) is 32.0 Å². The molecule has 2 heterocycles. The summed E-state index contributed by atoms with van der Waals surface area (Å²) in [5.74, 6) is 0.999. The summed E-state index contributed by atoms with van der Waals surface area (Å²) < 4.78 is 6.99. The van der Waals surface area contributed by atoms with Crippen molar-refractivity contribution in [2.24, 2.45) is 5.92 Å². The fraction of sp³-hybridized carbons (Fsp3) is 0.276. The molecule has 184 valence electrons. The molecule has 1 saturated heterocycles. The average Bonchev–Trinajstić information content (AvgIpc) is 2.94. The normalized spacial score (nSPS) is 15.6. The Bertz CT molecular complexity index is 1400. The van der Waals surface area contributed by atoms with Gasteiger partial charge in [-0.3, -0.25) is 14.2 Å². The molecule has 3 aromatic carbocycles. The highest BCUT2D eigenvalue weighted by atomic mass is 16.5. The fourth-order valence-electron chi connectivity index (χ4n) is 4.77. The lowest BCUT2D eigenvalue weighted by Crippen LogP contribution is -2.45. The maximum atomic E-state index is 13.7. The number of hydrogen-bond acceptors (Lipinski definition) is 5. The standard InChI is InChI=1S/C29H30N4O3/c1-36-24-15-13-21(14-16-24)18-30-28(34)23-10-7-17-32(20-23)27-29(35)33(19-22-8-3-2-4-9-22)26-12-6-5-11-25(26)31-27/h2-6,8-9,11-16,23H,7,10,17-20H2,1H3,(H,30,34)/t23-/m1/s1. The van der Waals surface area contributed by atoms with Gasteiger partial charge in [0, 0.05) is 19.6 Å². The van der Waals surface area contributed by atoms with Crippen LogP contribution in [0.15, 0.2) is 83.7 Å². The summed E-state index contributed by atoms with van der Waals surface area (Å²) in [6.07, 6.45) is 1.62. The summed E-state index contributed by atoms with van der Waals surface area (Å²) in [4.78, 5) is 33.4. The highest BCUT2D eigenvalue weighted by Crippen LogP contribution is 2.22. The number of carbonyl (C=O) groups excluding carboxylic acids is 1. The van der Waals surface area contributed by atoms with Crippen molar-refractivity contribution in [3.8, 4) is 5.75 Å². The Labute approximate surface area is 210 Å². The Kier molecular flexibility index (Phi) is 6.98. The van der Waals surface area contributed by atoms with E-state index in [-0.39, 0.29) is 17.4 Å². The molecule has 4 aromatic rings. The quantitative estimate of drug-likeness (QED) is 0.431. The molecule has 7 heteroatoms. The third kappa shape index (κ3) is 5.10. The van der Waals surface area contributed by atoms with Gasteiger partial charge in [-0.2, -0.15) is 0 Å². The minimum atomic E-state index is -0.202. The van der Waals surface area contributed by atoms with Crippen LogP contribution in [0.3, 0.4) is 0 Å². The van der Waals surface area contributed by atoms with Crippen LogP contribution in [0.25, 0.3) is 11.0 Å². The number of para-hydroxylation sites is 2. The SMILES string of the molecule is COc1ccc(CNC(=O)[C@@H]2CCCN(c3nc4ccccc4n(Cc4ccccc4)c3=O)C2)cc1. The van der Waals surface area contributed by atoms with Crippen molar-refractivity contribution in [1.29, 1.82) is 0 Å². The van der Waals surface area contributed by atoms with Gasteiger partial charge in [0.2, 0.25) is 5.91 Å². The summed E-state index contributed by atoms with van der Waals surface area (Å²) >= 11 is 0. The summed E-state index contributed by atoms with van der Waals surface area (Å²) in [6.45, 7) is 2.10. The molecule has 0 saturated carbocycles. The van der Waals surface area contributed by atoms with Crippen LogP contribution < -0.4 is 20.5 Å². The fourth-order valence-corrected chi connectivity index (χ4v) is 4.77. The Morgan fingerprint density at radius 2 is 1.75 bits per heavy atom. The number of nitrogens with zero attached hydrogens (tertiary/aromatic N) is 3. The lowest BCUT2D eigenvalue weighted by Gasteiger charge is -2.32. The number of benzene rings is 3. The number of anilines is 1. The van der Waals surface area contributed by atoms with Crippen molar-refractivity contribution in [2.75, 3.05) is 25.1 Å². The van der Waals surface area contributed by atoms with Gasteiger partial charge >= 0.3 is 0 Å². The monoisotopic (exact) mass is 482 g/mol. The Morgan fingerprint density at radius 3 is 2.53 bits per heavy atom. The minimum Gasteiger partial charge on any atom is -0.497 e. The van der Waals surface area contributed by atoms with Gasteiger partial charge in [-0.15, -0.1) is 0 Å². The van der Waals surface area contributed by atoms with E-state index in [4.69, 9.17) is 9.72 Å². The number of aromatic nitrogens is 2. The predicted molar refractivity (Wildman–Crippen MR) is 141 cm³/mol. The maximum absolute atomic E-state index is 13.7. The van der Waals surface area contributed by atoms with Gasteiger partial charge in [-0.05, 0) is 48.2 Å². The van der Waals surface area contributed by atoms with E-state index in [1.165, 1.54) is 0 Å². The zero-order valence-electron chi connectivity index (χ0n) is 20.4. The number of piperidine rings is 1. The van der Waals surface area contributed by atoms with E-state index in [9.17, 15) is 9.59 Å². The van der Waals surface area contributed by atoms with Crippen LogP contribution in [-0.2, 0) is 17.9 Å². The first-order valence-electron chi connectivity index (χ1n) is 12.3. The van der Waals surface area contributed by atoms with Crippen LogP contribution in [0.4, 0.5) is 5.82 Å². The van der Waals surface area contributed by atoms with Gasteiger partial charge in [0.25, 0.3) is 5.56 Å². The minimum absolute atomic E-state index is 0.000850. The molecule has 0 radical (unpaired) electrons. The van der Waals surface area contributed by atoms with E-state index in [1.54, 1.807) is 11.7 Å². The van der Waals surface area contributed by atoms with Crippen LogP contribution in [-0.4, -0.2) is 35.7 Å². The lowest BCUT2D eigenvalue weighted by atomic mass is 9.97. The molecule has 0 spiro atoms. The van der Waals surface area contributed by atoms with Crippen molar-refractivity contribution in [3.05, 3.63) is 100 Å². The van der Waals surface area contributed by atoms with Crippen LogP contribution in [0.5, 0.6) is 5.75 Å². The van der Waals surface area contributed by atoms with Gasteiger partial charge in [-0.25, -0.2) is 4.98 Å². The zero-order valence-corrected chi connectivity index (χ0v) is 20.4. The summed E-state index contributed by atoms with van der Waals surface area (Å²) in [6, 6.07) is 25.3. The molecule has 1 aromatic heterocycles. The second-order valence-corrected chi connectivity index (χ2v) is 9.15. The molecular formula is C29H30N4O3. The second-order valence-electron chi connectivity index (χ2n) is 9.15. The largest absolute Gasteiger partial charge is 0.497 e. The van der Waals surface area contributed by atoms with E-state index >= 15 is 0 Å². The van der Waals surface area contributed by atoms with E-state index in [1.807, 2.05) is 83.8 Å². The van der Waals surface area contributed by atoms with Crippen LogP contribution in [0.1, 0.15) is 24.0 Å². The Balaban J connectivity index is 1.36. The maximum Gasteiger partial charge on any atom is 0.294 e. The first kappa shape index (κ1) is 23.6. The van der Waals surface area contributed by atoms with Gasteiger partial charge in [0.1, 0.15) is 5.75 Å². The molecule has 5 rings (SSSR count). The molecule has 0 aliphatic carbocycles. The van der Waals surface area contributed by atoms with Crippen LogP contribution in [0.2, 0.25) is 0 Å². The van der Waals surface area contributed by atoms with Crippen molar-refractivity contribution in [2.45, 2.75) is 25.9 Å². The topological polar surface area (TPSA) is 76.5 Å². The summed E-state index contributed by atoms with van der Waals surface area (Å²) in [5, 5.41) is 3.06. The summed E-state index contributed by atoms with van der Waals surface area (Å²) in [5.41, 5.74) is 3.51. The molecular weight excluding hydrogens is 452 g/mol. The molecule has 1 atom stereocenters.